The molecule has 1 atom stereocenters. The Morgan fingerprint density at radius 1 is 1.82 bits per heavy atom. The Labute approximate surface area is 66.4 Å². The zero-order valence-corrected chi connectivity index (χ0v) is 6.96. The Morgan fingerprint density at radius 2 is 2.55 bits per heavy atom. The second-order valence-electron chi connectivity index (χ2n) is 2.72. The van der Waals surface area contributed by atoms with Crippen molar-refractivity contribution in [2.75, 3.05) is 13.7 Å². The fourth-order valence-corrected chi connectivity index (χ4v) is 1.31. The van der Waals surface area contributed by atoms with Gasteiger partial charge in [0.1, 0.15) is 0 Å². The van der Waals surface area contributed by atoms with Gasteiger partial charge in [-0.05, 0) is 12.5 Å². The van der Waals surface area contributed by atoms with Gasteiger partial charge in [-0.3, -0.25) is 0 Å². The molecule has 0 saturated carbocycles. The van der Waals surface area contributed by atoms with Crippen LogP contribution in [-0.4, -0.2) is 25.7 Å². The minimum absolute atomic E-state index is 0.00574. The zero-order chi connectivity index (χ0) is 8.27. The molecule has 2 N–H and O–H groups in total. The number of carbonyl (C=O) groups is 1. The lowest BCUT2D eigenvalue weighted by Gasteiger charge is -2.01. The molecule has 3 heteroatoms. The van der Waals surface area contributed by atoms with E-state index in [1.54, 1.807) is 0 Å². The van der Waals surface area contributed by atoms with Gasteiger partial charge in [-0.1, -0.05) is 6.08 Å². The average molecular weight is 156 g/mol. The van der Waals surface area contributed by atoms with Gasteiger partial charge in [-0.15, -0.1) is 0 Å². The highest BCUT2D eigenvalue weighted by atomic mass is 16.5. The number of hydrogen-bond donors (Lipinski definition) is 1. The molecule has 0 aromatic rings. The van der Waals surface area contributed by atoms with Crippen molar-refractivity contribution in [2.24, 2.45) is 0 Å². The number of ether oxygens (including phenoxy) is 1. The Morgan fingerprint density at radius 3 is 3.00 bits per heavy atom. The molecule has 0 amide bonds. The molecule has 1 heterocycles. The van der Waals surface area contributed by atoms with Crippen molar-refractivity contribution < 1.29 is 14.8 Å². The maximum atomic E-state index is 11.0. The molecular weight excluding hydrogens is 142 g/mol. The van der Waals surface area contributed by atoms with Gasteiger partial charge >= 0.3 is 5.97 Å². The van der Waals surface area contributed by atoms with Crippen LogP contribution in [0.5, 0.6) is 0 Å². The Hall–Kier alpha value is -0.830. The molecule has 0 spiro atoms. The third-order valence-corrected chi connectivity index (χ3v) is 2.06. The SMILES string of the molecule is C/C=C1/C[NH2+][C@H](C(=O)OC)C1. The quantitative estimate of drug-likeness (QED) is 0.408. The third kappa shape index (κ3) is 1.80. The Bertz CT molecular complexity index is 187. The molecular formula is C8H14NO2+. The summed E-state index contributed by atoms with van der Waals surface area (Å²) in [5.41, 5.74) is 1.33. The summed E-state index contributed by atoms with van der Waals surface area (Å²) in [7, 11) is 1.43. The van der Waals surface area contributed by atoms with Gasteiger partial charge < -0.3 is 10.1 Å². The van der Waals surface area contributed by atoms with Crippen LogP contribution in [0, 0.1) is 0 Å². The fourth-order valence-electron chi connectivity index (χ4n) is 1.31. The topological polar surface area (TPSA) is 42.9 Å². The van der Waals surface area contributed by atoms with Crippen LogP contribution >= 0.6 is 0 Å². The zero-order valence-electron chi connectivity index (χ0n) is 6.96. The molecule has 0 aromatic heterocycles. The van der Waals surface area contributed by atoms with Gasteiger partial charge in [0.05, 0.1) is 13.7 Å². The van der Waals surface area contributed by atoms with Crippen molar-refractivity contribution in [1.82, 2.24) is 0 Å². The molecule has 1 aliphatic rings. The third-order valence-electron chi connectivity index (χ3n) is 2.06. The summed E-state index contributed by atoms with van der Waals surface area (Å²) < 4.78 is 4.63. The molecule has 3 nitrogen and oxygen atoms in total. The average Bonchev–Trinajstić information content (AvgIpc) is 2.50. The molecule has 0 bridgehead atoms. The summed E-state index contributed by atoms with van der Waals surface area (Å²) in [5.74, 6) is -0.109. The van der Waals surface area contributed by atoms with E-state index in [4.69, 9.17) is 0 Å². The summed E-state index contributed by atoms with van der Waals surface area (Å²) in [6, 6.07) is 0.00574. The lowest BCUT2D eigenvalue weighted by Crippen LogP contribution is -2.88. The van der Waals surface area contributed by atoms with Crippen molar-refractivity contribution in [1.29, 1.82) is 0 Å². The second kappa shape index (κ2) is 3.53. The number of rotatable bonds is 1. The summed E-state index contributed by atoms with van der Waals surface area (Å²) in [5, 5.41) is 2.02. The van der Waals surface area contributed by atoms with Crippen molar-refractivity contribution in [3.63, 3.8) is 0 Å². The summed E-state index contributed by atoms with van der Waals surface area (Å²) >= 11 is 0. The van der Waals surface area contributed by atoms with E-state index in [9.17, 15) is 4.79 Å². The van der Waals surface area contributed by atoms with Crippen LogP contribution in [0.3, 0.4) is 0 Å². The number of esters is 1. The highest BCUT2D eigenvalue weighted by molar-refractivity contribution is 5.74. The number of quaternary nitrogens is 1. The first-order valence-corrected chi connectivity index (χ1v) is 3.83. The van der Waals surface area contributed by atoms with Gasteiger partial charge in [-0.25, -0.2) is 4.79 Å². The smallest absolute Gasteiger partial charge is 0.364 e. The predicted molar refractivity (Wildman–Crippen MR) is 41.0 cm³/mol. The number of carbonyl (C=O) groups excluding carboxylic acids is 1. The fraction of sp³-hybridized carbons (Fsp3) is 0.625. The van der Waals surface area contributed by atoms with Crippen LogP contribution in [0.25, 0.3) is 0 Å². The number of methoxy groups -OCH3 is 1. The normalized spacial score (nSPS) is 27.5. The van der Waals surface area contributed by atoms with Crippen molar-refractivity contribution in [3.05, 3.63) is 11.6 Å². The lowest BCUT2D eigenvalue weighted by atomic mass is 10.1. The van der Waals surface area contributed by atoms with Crippen LogP contribution in [-0.2, 0) is 9.53 Å². The minimum Gasteiger partial charge on any atom is -0.465 e. The molecule has 0 unspecified atom stereocenters. The first-order valence-electron chi connectivity index (χ1n) is 3.83. The van der Waals surface area contributed by atoms with E-state index in [1.165, 1.54) is 12.7 Å². The van der Waals surface area contributed by atoms with Gasteiger partial charge in [0.2, 0.25) is 0 Å². The van der Waals surface area contributed by atoms with Gasteiger partial charge in [0, 0.05) is 6.42 Å². The van der Waals surface area contributed by atoms with Crippen molar-refractivity contribution in [3.8, 4) is 0 Å². The molecule has 11 heavy (non-hydrogen) atoms. The Kier molecular flexibility index (Phi) is 2.65. The monoisotopic (exact) mass is 156 g/mol. The van der Waals surface area contributed by atoms with Crippen LogP contribution in [0.2, 0.25) is 0 Å². The van der Waals surface area contributed by atoms with E-state index in [-0.39, 0.29) is 12.0 Å². The van der Waals surface area contributed by atoms with E-state index in [0.29, 0.717) is 0 Å². The predicted octanol–water partition coefficient (Wildman–Crippen LogP) is -0.559. The number of allylic oxidation sites excluding steroid dienone is 1. The maximum absolute atomic E-state index is 11.0. The van der Waals surface area contributed by atoms with Crippen LogP contribution < -0.4 is 5.32 Å². The molecule has 1 saturated heterocycles. The molecule has 62 valence electrons. The summed E-state index contributed by atoms with van der Waals surface area (Å²) in [4.78, 5) is 11.0. The minimum atomic E-state index is -0.109. The van der Waals surface area contributed by atoms with Gasteiger partial charge in [-0.2, -0.15) is 0 Å². The highest BCUT2D eigenvalue weighted by Crippen LogP contribution is 2.06. The first-order chi connectivity index (χ1) is 5.27. The van der Waals surface area contributed by atoms with Crippen molar-refractivity contribution in [2.45, 2.75) is 19.4 Å². The molecule has 1 rings (SSSR count). The van der Waals surface area contributed by atoms with E-state index in [2.05, 4.69) is 10.8 Å². The number of hydrogen-bond acceptors (Lipinski definition) is 2. The first kappa shape index (κ1) is 8.27. The maximum Gasteiger partial charge on any atom is 0.364 e. The van der Waals surface area contributed by atoms with E-state index < -0.39 is 0 Å². The molecule has 0 radical (unpaired) electrons. The molecule has 0 aromatic carbocycles. The van der Waals surface area contributed by atoms with Crippen LogP contribution in [0.1, 0.15) is 13.3 Å². The van der Waals surface area contributed by atoms with E-state index in [0.717, 1.165) is 13.0 Å². The summed E-state index contributed by atoms with van der Waals surface area (Å²) in [6.07, 6.45) is 2.92. The highest BCUT2D eigenvalue weighted by Gasteiger charge is 2.29. The largest absolute Gasteiger partial charge is 0.465 e. The van der Waals surface area contributed by atoms with E-state index >= 15 is 0 Å². The molecule has 0 aliphatic carbocycles. The molecule has 1 aliphatic heterocycles. The van der Waals surface area contributed by atoms with Crippen LogP contribution in [0.15, 0.2) is 11.6 Å². The molecule has 1 fully saturated rings. The van der Waals surface area contributed by atoms with E-state index in [1.807, 2.05) is 12.2 Å². The standard InChI is InChI=1S/C8H13NO2/c1-3-6-4-7(9-5-6)8(10)11-2/h3,7,9H,4-5H2,1-2H3/p+1/b6-3+/t7-/m0/s1. The van der Waals surface area contributed by atoms with Crippen molar-refractivity contribution >= 4 is 5.97 Å². The van der Waals surface area contributed by atoms with Gasteiger partial charge in [0.15, 0.2) is 6.04 Å². The second-order valence-corrected chi connectivity index (χ2v) is 2.72. The number of nitrogens with two attached hydrogens (primary N) is 1. The van der Waals surface area contributed by atoms with Gasteiger partial charge in [0.25, 0.3) is 0 Å². The van der Waals surface area contributed by atoms with Crippen LogP contribution in [0.4, 0.5) is 0 Å². The lowest BCUT2D eigenvalue weighted by molar-refractivity contribution is -0.656. The summed E-state index contributed by atoms with van der Waals surface area (Å²) in [6.45, 7) is 2.94. The Balaban J connectivity index is 2.48.